The number of hydrogen-bond donors (Lipinski definition) is 0. The summed E-state index contributed by atoms with van der Waals surface area (Å²) in [4.78, 5) is 37.9. The number of nitro benzene ring substituents is 1. The van der Waals surface area contributed by atoms with Gasteiger partial charge in [0.2, 0.25) is 0 Å². The summed E-state index contributed by atoms with van der Waals surface area (Å²) in [5.41, 5.74) is -0.649. The summed E-state index contributed by atoms with van der Waals surface area (Å²) >= 11 is 1.58. The van der Waals surface area contributed by atoms with Crippen molar-refractivity contribution in [3.63, 3.8) is 0 Å². The number of carbonyl (C=O) groups is 2. The summed E-state index contributed by atoms with van der Waals surface area (Å²) in [6.45, 7) is 0.327. The Kier molecular flexibility index (Phi) is 6.41. The van der Waals surface area contributed by atoms with Gasteiger partial charge in [-0.05, 0) is 0 Å². The van der Waals surface area contributed by atoms with Gasteiger partial charge in [-0.3, -0.25) is 19.7 Å². The third kappa shape index (κ3) is 4.24. The Morgan fingerprint density at radius 1 is 1.46 bits per heavy atom. The summed E-state index contributed by atoms with van der Waals surface area (Å²) in [6.07, 6.45) is -0.00522. The molecule has 10 heteroatoms. The average Bonchev–Trinajstić information content (AvgIpc) is 2.60. The van der Waals surface area contributed by atoms with Crippen molar-refractivity contribution in [3.05, 3.63) is 33.6 Å². The maximum Gasteiger partial charge on any atom is 0.307 e. The van der Waals surface area contributed by atoms with Crippen molar-refractivity contribution in [1.82, 2.24) is 4.90 Å². The molecule has 1 aliphatic rings. The van der Waals surface area contributed by atoms with Gasteiger partial charge in [0.25, 0.3) is 11.6 Å². The number of thioether (sulfide) groups is 1. The molecule has 1 aliphatic heterocycles. The zero-order valence-electron chi connectivity index (χ0n) is 14.7. The number of ether oxygens (including phenoxy) is 1. The minimum absolute atomic E-state index is 0.00522. The molecule has 26 heavy (non-hydrogen) atoms. The topological polar surface area (TPSA) is 93.0 Å². The summed E-state index contributed by atoms with van der Waals surface area (Å²) in [6, 6.07) is 1.50. The number of hydrogen-bond acceptors (Lipinski definition) is 7. The molecule has 0 aliphatic carbocycles. The molecular weight excluding hydrogens is 365 g/mol. The number of halogens is 1. The lowest BCUT2D eigenvalue weighted by Crippen LogP contribution is -2.47. The van der Waals surface area contributed by atoms with Crippen molar-refractivity contribution in [2.24, 2.45) is 0 Å². The van der Waals surface area contributed by atoms with E-state index in [1.54, 1.807) is 25.9 Å². The normalized spacial score (nSPS) is 16.9. The zero-order chi connectivity index (χ0) is 19.4. The fraction of sp³-hybridized carbons (Fsp3) is 0.500. The first-order valence-corrected chi connectivity index (χ1v) is 9.02. The van der Waals surface area contributed by atoms with Gasteiger partial charge < -0.3 is 14.5 Å². The van der Waals surface area contributed by atoms with E-state index in [-0.39, 0.29) is 23.4 Å². The highest BCUT2D eigenvalue weighted by Crippen LogP contribution is 2.31. The van der Waals surface area contributed by atoms with Crippen molar-refractivity contribution in [3.8, 4) is 0 Å². The van der Waals surface area contributed by atoms with Crippen molar-refractivity contribution in [2.45, 2.75) is 12.5 Å². The molecule has 1 heterocycles. The second kappa shape index (κ2) is 8.35. The van der Waals surface area contributed by atoms with E-state index in [4.69, 9.17) is 0 Å². The van der Waals surface area contributed by atoms with Crippen molar-refractivity contribution >= 4 is 35.0 Å². The van der Waals surface area contributed by atoms with Crippen LogP contribution in [-0.2, 0) is 9.53 Å². The summed E-state index contributed by atoms with van der Waals surface area (Å²) in [5, 5.41) is 11.3. The maximum absolute atomic E-state index is 14.5. The Morgan fingerprint density at radius 2 is 2.15 bits per heavy atom. The SMILES string of the molecule is COC(=O)C[C@H]1CSCCN1C(=O)c1cc([N+](=O)[O-])c(N(C)C)cc1F. The Balaban J connectivity index is 2.39. The Hall–Kier alpha value is -2.36. The molecule has 0 bridgehead atoms. The van der Waals surface area contributed by atoms with Gasteiger partial charge in [-0.25, -0.2) is 4.39 Å². The van der Waals surface area contributed by atoms with Crippen LogP contribution in [0.25, 0.3) is 0 Å². The molecule has 2 rings (SSSR count). The first-order valence-electron chi connectivity index (χ1n) is 7.87. The number of nitrogens with zero attached hydrogens (tertiary/aromatic N) is 3. The molecule has 1 amide bonds. The standard InChI is InChI=1S/C16H20FN3O5S/c1-18(2)13-8-12(17)11(7-14(13)20(23)24)16(22)19-4-5-26-9-10(19)6-15(21)25-3/h7-8,10H,4-6,9H2,1-3H3/t10-/m0/s1. The van der Waals surface area contributed by atoms with E-state index in [0.29, 0.717) is 18.1 Å². The molecule has 142 valence electrons. The second-order valence-corrected chi connectivity index (χ2v) is 7.13. The van der Waals surface area contributed by atoms with E-state index in [2.05, 4.69) is 4.74 Å². The van der Waals surface area contributed by atoms with Crippen molar-refractivity contribution in [2.75, 3.05) is 44.2 Å². The third-order valence-corrected chi connectivity index (χ3v) is 5.18. The minimum atomic E-state index is -0.834. The minimum Gasteiger partial charge on any atom is -0.469 e. The molecule has 1 atom stereocenters. The molecule has 8 nitrogen and oxygen atoms in total. The molecule has 0 N–H and O–H groups in total. The fourth-order valence-corrected chi connectivity index (χ4v) is 3.80. The van der Waals surface area contributed by atoms with Crippen LogP contribution in [0.5, 0.6) is 0 Å². The Morgan fingerprint density at radius 3 is 2.73 bits per heavy atom. The second-order valence-electron chi connectivity index (χ2n) is 5.98. The summed E-state index contributed by atoms with van der Waals surface area (Å²) < 4.78 is 19.2. The van der Waals surface area contributed by atoms with Crippen LogP contribution in [0.2, 0.25) is 0 Å². The van der Waals surface area contributed by atoms with Crippen LogP contribution < -0.4 is 4.90 Å². The Bertz CT molecular complexity index is 728. The predicted molar refractivity (Wildman–Crippen MR) is 96.2 cm³/mol. The lowest BCUT2D eigenvalue weighted by molar-refractivity contribution is -0.384. The molecule has 0 aromatic heterocycles. The van der Waals surface area contributed by atoms with E-state index in [1.165, 1.54) is 16.9 Å². The number of benzene rings is 1. The molecular formula is C16H20FN3O5S. The highest BCUT2D eigenvalue weighted by molar-refractivity contribution is 7.99. The third-order valence-electron chi connectivity index (χ3n) is 4.09. The molecule has 1 aromatic carbocycles. The van der Waals surface area contributed by atoms with Gasteiger partial charge in [-0.1, -0.05) is 0 Å². The number of methoxy groups -OCH3 is 1. The molecule has 0 saturated carbocycles. The van der Waals surface area contributed by atoms with Crippen molar-refractivity contribution < 1.29 is 23.6 Å². The van der Waals surface area contributed by atoms with Gasteiger partial charge in [0.15, 0.2) is 0 Å². The van der Waals surface area contributed by atoms with Crippen molar-refractivity contribution in [1.29, 1.82) is 0 Å². The number of amides is 1. The monoisotopic (exact) mass is 385 g/mol. The number of carbonyl (C=O) groups excluding carboxylic acids is 2. The molecule has 1 aromatic rings. The lowest BCUT2D eigenvalue weighted by atomic mass is 10.1. The van der Waals surface area contributed by atoms with Crippen LogP contribution in [-0.4, -0.2) is 67.0 Å². The predicted octanol–water partition coefficient (Wildman–Crippen LogP) is 1.92. The summed E-state index contributed by atoms with van der Waals surface area (Å²) in [7, 11) is 4.36. The summed E-state index contributed by atoms with van der Waals surface area (Å²) in [5.74, 6) is -0.808. The largest absolute Gasteiger partial charge is 0.469 e. The molecule has 0 radical (unpaired) electrons. The number of anilines is 1. The van der Waals surface area contributed by atoms with E-state index < -0.39 is 28.7 Å². The molecule has 1 saturated heterocycles. The van der Waals surface area contributed by atoms with Gasteiger partial charge in [-0.2, -0.15) is 11.8 Å². The lowest BCUT2D eigenvalue weighted by Gasteiger charge is -2.35. The zero-order valence-corrected chi connectivity index (χ0v) is 15.5. The number of esters is 1. The first kappa shape index (κ1) is 20.0. The smallest absolute Gasteiger partial charge is 0.307 e. The molecule has 0 unspecified atom stereocenters. The molecule has 0 spiro atoms. The quantitative estimate of drug-likeness (QED) is 0.434. The van der Waals surface area contributed by atoms with Crippen LogP contribution in [0.15, 0.2) is 12.1 Å². The van der Waals surface area contributed by atoms with E-state index in [0.717, 1.165) is 12.1 Å². The first-order chi connectivity index (χ1) is 12.3. The van der Waals surface area contributed by atoms with Gasteiger partial charge in [0.05, 0.1) is 30.1 Å². The van der Waals surface area contributed by atoms with Crippen LogP contribution >= 0.6 is 11.8 Å². The highest BCUT2D eigenvalue weighted by Gasteiger charge is 2.33. The van der Waals surface area contributed by atoms with Gasteiger partial charge in [-0.15, -0.1) is 0 Å². The molecule has 1 fully saturated rings. The number of nitro groups is 1. The highest BCUT2D eigenvalue weighted by atomic mass is 32.2. The van der Waals surface area contributed by atoms with Gasteiger partial charge >= 0.3 is 5.97 Å². The van der Waals surface area contributed by atoms with E-state index in [9.17, 15) is 24.1 Å². The van der Waals surface area contributed by atoms with Crippen LogP contribution in [0.4, 0.5) is 15.8 Å². The van der Waals surface area contributed by atoms with Crippen LogP contribution in [0.3, 0.4) is 0 Å². The van der Waals surface area contributed by atoms with E-state index in [1.807, 2.05) is 0 Å². The fourth-order valence-electron chi connectivity index (χ4n) is 2.74. The van der Waals surface area contributed by atoms with Crippen LogP contribution in [0, 0.1) is 15.9 Å². The van der Waals surface area contributed by atoms with Gasteiger partial charge in [0, 0.05) is 44.3 Å². The van der Waals surface area contributed by atoms with Gasteiger partial charge in [0.1, 0.15) is 11.5 Å². The average molecular weight is 385 g/mol. The van der Waals surface area contributed by atoms with Crippen LogP contribution in [0.1, 0.15) is 16.8 Å². The van der Waals surface area contributed by atoms with E-state index >= 15 is 0 Å². The maximum atomic E-state index is 14.5. The Labute approximate surface area is 154 Å². The number of rotatable bonds is 5.